The lowest BCUT2D eigenvalue weighted by atomic mass is 10.1. The average molecular weight is 407 g/mol. The van der Waals surface area contributed by atoms with Gasteiger partial charge in [0.25, 0.3) is 0 Å². The van der Waals surface area contributed by atoms with Crippen LogP contribution in [-0.4, -0.2) is 46.9 Å². The van der Waals surface area contributed by atoms with E-state index in [1.54, 1.807) is 10.9 Å². The molecule has 1 aromatic heterocycles. The number of benzene rings is 1. The molecule has 7 heteroatoms. The first kappa shape index (κ1) is 18.1. The first-order chi connectivity index (χ1) is 12.2. The van der Waals surface area contributed by atoms with Crippen molar-refractivity contribution in [2.45, 2.75) is 25.9 Å². The summed E-state index contributed by atoms with van der Waals surface area (Å²) >= 11 is 3.37. The molecule has 1 saturated heterocycles. The Hall–Kier alpha value is -1.70. The summed E-state index contributed by atoms with van der Waals surface area (Å²) in [6, 6.07) is 7.71. The van der Waals surface area contributed by atoms with Crippen LogP contribution in [0.1, 0.15) is 24.9 Å². The van der Waals surface area contributed by atoms with Gasteiger partial charge in [-0.2, -0.15) is 5.10 Å². The molecule has 6 nitrogen and oxygen atoms in total. The van der Waals surface area contributed by atoms with Crippen molar-refractivity contribution in [3.05, 3.63) is 46.7 Å². The van der Waals surface area contributed by atoms with E-state index < -0.39 is 0 Å². The average Bonchev–Trinajstić information content (AvgIpc) is 3.03. The minimum absolute atomic E-state index is 0.0541. The molecule has 1 fully saturated rings. The SMILES string of the molecule is CCC(C(=O)Nc1cccc(CN2CCOCC2)c1)n1cc(Br)cn1. The molecule has 1 unspecified atom stereocenters. The second-order valence-electron chi connectivity index (χ2n) is 6.14. The Bertz CT molecular complexity index is 713. The molecule has 134 valence electrons. The number of nitrogens with one attached hydrogen (secondary N) is 1. The highest BCUT2D eigenvalue weighted by Gasteiger charge is 2.19. The number of carbonyl (C=O) groups excluding carboxylic acids is 1. The van der Waals surface area contributed by atoms with Crippen molar-refractivity contribution < 1.29 is 9.53 Å². The molecule has 1 N–H and O–H groups in total. The predicted octanol–water partition coefficient (Wildman–Crippen LogP) is 3.07. The van der Waals surface area contributed by atoms with Crippen molar-refractivity contribution >= 4 is 27.5 Å². The van der Waals surface area contributed by atoms with Crippen molar-refractivity contribution in [1.29, 1.82) is 0 Å². The van der Waals surface area contributed by atoms with Crippen molar-refractivity contribution in [3.63, 3.8) is 0 Å². The first-order valence-electron chi connectivity index (χ1n) is 8.55. The van der Waals surface area contributed by atoms with Gasteiger partial charge in [-0.25, -0.2) is 0 Å². The van der Waals surface area contributed by atoms with Gasteiger partial charge in [0.05, 0.1) is 23.9 Å². The molecule has 1 aliphatic heterocycles. The van der Waals surface area contributed by atoms with Gasteiger partial charge in [0, 0.05) is 31.5 Å². The van der Waals surface area contributed by atoms with Crippen molar-refractivity contribution in [2.24, 2.45) is 0 Å². The summed E-state index contributed by atoms with van der Waals surface area (Å²) in [6.45, 7) is 6.32. The molecule has 2 heterocycles. The molecule has 1 aliphatic rings. The lowest BCUT2D eigenvalue weighted by Crippen LogP contribution is -2.35. The van der Waals surface area contributed by atoms with E-state index in [1.807, 2.05) is 31.3 Å². The van der Waals surface area contributed by atoms with E-state index in [-0.39, 0.29) is 11.9 Å². The van der Waals surface area contributed by atoms with Gasteiger partial charge in [-0.1, -0.05) is 19.1 Å². The van der Waals surface area contributed by atoms with E-state index in [9.17, 15) is 4.79 Å². The number of carbonyl (C=O) groups is 1. The standard InChI is InChI=1S/C18H23BrN4O2/c1-2-17(23-13-15(19)11-20-23)18(24)21-16-5-3-4-14(10-16)12-22-6-8-25-9-7-22/h3-5,10-11,13,17H,2,6-9,12H2,1H3,(H,21,24). The number of aromatic nitrogens is 2. The van der Waals surface area contributed by atoms with E-state index in [2.05, 4.69) is 37.3 Å². The fourth-order valence-corrected chi connectivity index (χ4v) is 3.27. The maximum absolute atomic E-state index is 12.6. The third-order valence-electron chi connectivity index (χ3n) is 4.28. The quantitative estimate of drug-likeness (QED) is 0.800. The van der Waals surface area contributed by atoms with Crippen molar-refractivity contribution in [1.82, 2.24) is 14.7 Å². The summed E-state index contributed by atoms with van der Waals surface area (Å²) in [5.41, 5.74) is 2.01. The Morgan fingerprint density at radius 3 is 2.88 bits per heavy atom. The van der Waals surface area contributed by atoms with E-state index >= 15 is 0 Å². The molecule has 25 heavy (non-hydrogen) atoms. The molecule has 2 aromatic rings. The van der Waals surface area contributed by atoms with Gasteiger partial charge in [0.2, 0.25) is 5.91 Å². The summed E-state index contributed by atoms with van der Waals surface area (Å²) in [7, 11) is 0. The molecule has 1 amide bonds. The van der Waals surface area contributed by atoms with Crippen LogP contribution in [0.4, 0.5) is 5.69 Å². The number of nitrogens with zero attached hydrogens (tertiary/aromatic N) is 3. The van der Waals surface area contributed by atoms with Crippen LogP contribution in [0.3, 0.4) is 0 Å². The van der Waals surface area contributed by atoms with Crippen LogP contribution >= 0.6 is 15.9 Å². The Morgan fingerprint density at radius 2 is 2.20 bits per heavy atom. The highest BCUT2D eigenvalue weighted by Crippen LogP contribution is 2.19. The molecular weight excluding hydrogens is 384 g/mol. The number of amides is 1. The van der Waals surface area contributed by atoms with Crippen LogP contribution in [0.15, 0.2) is 41.1 Å². The zero-order chi connectivity index (χ0) is 17.6. The highest BCUT2D eigenvalue weighted by molar-refractivity contribution is 9.10. The minimum atomic E-state index is -0.325. The van der Waals surface area contributed by atoms with Gasteiger partial charge in [-0.3, -0.25) is 14.4 Å². The predicted molar refractivity (Wildman–Crippen MR) is 100 cm³/mol. The summed E-state index contributed by atoms with van der Waals surface area (Å²) in [4.78, 5) is 15.0. The Kier molecular flexibility index (Phi) is 6.23. The van der Waals surface area contributed by atoms with E-state index in [4.69, 9.17) is 4.74 Å². The second-order valence-corrected chi connectivity index (χ2v) is 7.06. The number of anilines is 1. The molecule has 1 aromatic carbocycles. The van der Waals surface area contributed by atoms with Crippen LogP contribution in [0.2, 0.25) is 0 Å². The van der Waals surface area contributed by atoms with Crippen LogP contribution in [-0.2, 0) is 16.1 Å². The van der Waals surface area contributed by atoms with Gasteiger partial charge >= 0.3 is 0 Å². The zero-order valence-electron chi connectivity index (χ0n) is 14.3. The first-order valence-corrected chi connectivity index (χ1v) is 9.34. The van der Waals surface area contributed by atoms with Gasteiger partial charge in [-0.05, 0) is 40.0 Å². The summed E-state index contributed by atoms with van der Waals surface area (Å²) < 4.78 is 7.94. The number of hydrogen-bond acceptors (Lipinski definition) is 4. The lowest BCUT2D eigenvalue weighted by Gasteiger charge is -2.26. The van der Waals surface area contributed by atoms with Gasteiger partial charge in [-0.15, -0.1) is 0 Å². The Morgan fingerprint density at radius 1 is 1.40 bits per heavy atom. The fourth-order valence-electron chi connectivity index (χ4n) is 2.97. The van der Waals surface area contributed by atoms with Crippen molar-refractivity contribution in [3.8, 4) is 0 Å². The molecule has 0 radical (unpaired) electrons. The number of halogens is 1. The minimum Gasteiger partial charge on any atom is -0.379 e. The maximum Gasteiger partial charge on any atom is 0.249 e. The second kappa shape index (κ2) is 8.60. The third kappa shape index (κ3) is 4.90. The van der Waals surface area contributed by atoms with Gasteiger partial charge < -0.3 is 10.1 Å². The number of morpholine rings is 1. The lowest BCUT2D eigenvalue weighted by molar-refractivity contribution is -0.119. The number of ether oxygens (including phenoxy) is 1. The topological polar surface area (TPSA) is 59.4 Å². The monoisotopic (exact) mass is 406 g/mol. The van der Waals surface area contributed by atoms with Crippen LogP contribution in [0.25, 0.3) is 0 Å². The summed E-state index contributed by atoms with van der Waals surface area (Å²) in [6.07, 6.45) is 4.19. The Balaban J connectivity index is 1.65. The number of rotatable bonds is 6. The number of hydrogen-bond donors (Lipinski definition) is 1. The van der Waals surface area contributed by atoms with Crippen LogP contribution < -0.4 is 5.32 Å². The largest absolute Gasteiger partial charge is 0.379 e. The Labute approximate surface area is 156 Å². The summed E-state index contributed by atoms with van der Waals surface area (Å²) in [5.74, 6) is -0.0541. The molecule has 0 aliphatic carbocycles. The summed E-state index contributed by atoms with van der Waals surface area (Å²) in [5, 5.41) is 7.26. The molecule has 1 atom stereocenters. The molecular formula is C18H23BrN4O2. The maximum atomic E-state index is 12.6. The van der Waals surface area contributed by atoms with Crippen LogP contribution in [0.5, 0.6) is 0 Å². The molecule has 0 spiro atoms. The van der Waals surface area contributed by atoms with E-state index in [0.29, 0.717) is 6.42 Å². The third-order valence-corrected chi connectivity index (χ3v) is 4.69. The smallest absolute Gasteiger partial charge is 0.249 e. The molecule has 0 bridgehead atoms. The van der Waals surface area contributed by atoms with E-state index in [0.717, 1.165) is 43.0 Å². The fraction of sp³-hybridized carbons (Fsp3) is 0.444. The van der Waals surface area contributed by atoms with E-state index in [1.165, 1.54) is 5.56 Å². The van der Waals surface area contributed by atoms with Gasteiger partial charge in [0.15, 0.2) is 0 Å². The highest BCUT2D eigenvalue weighted by atomic mass is 79.9. The molecule has 3 rings (SSSR count). The van der Waals surface area contributed by atoms with Crippen molar-refractivity contribution in [2.75, 3.05) is 31.6 Å². The van der Waals surface area contributed by atoms with Crippen LogP contribution in [0, 0.1) is 0 Å². The molecule has 0 saturated carbocycles. The van der Waals surface area contributed by atoms with Gasteiger partial charge in [0.1, 0.15) is 6.04 Å². The zero-order valence-corrected chi connectivity index (χ0v) is 15.9. The normalized spacial score (nSPS) is 16.6.